The number of ketones is 1. The number of hydrogen-bond acceptors (Lipinski definition) is 4. The molecule has 2 rings (SSSR count). The van der Waals surface area contributed by atoms with Crippen molar-refractivity contribution >= 4 is 40.4 Å². The van der Waals surface area contributed by atoms with E-state index >= 15 is 0 Å². The largest absolute Gasteiger partial charge is 0.341 e. The Bertz CT molecular complexity index is 781. The zero-order chi connectivity index (χ0) is 18.4. The molecule has 0 saturated carbocycles. The highest BCUT2D eigenvalue weighted by atomic mass is 32.1. The smallest absolute Gasteiger partial charge is 0.318 e. The van der Waals surface area contributed by atoms with Gasteiger partial charge < -0.3 is 16.0 Å². The standard InChI is InChI=1S/C18H21N3O3S/c1-11-10-15(12(2)25-11)16(22)8-9-17(23)20-13-4-6-14(7-5-13)21-18(24)19-3/h4-7,10H,8-9H2,1-3H3,(H,20,23)(H2,19,21,24). The van der Waals surface area contributed by atoms with E-state index < -0.39 is 0 Å². The van der Waals surface area contributed by atoms with Crippen LogP contribution in [0.1, 0.15) is 33.0 Å². The van der Waals surface area contributed by atoms with E-state index in [1.54, 1.807) is 35.6 Å². The number of benzene rings is 1. The second kappa shape index (κ2) is 8.43. The molecule has 0 saturated heterocycles. The highest BCUT2D eigenvalue weighted by molar-refractivity contribution is 7.12. The first-order valence-corrected chi connectivity index (χ1v) is 8.69. The van der Waals surface area contributed by atoms with Gasteiger partial charge in [-0.3, -0.25) is 9.59 Å². The number of urea groups is 1. The van der Waals surface area contributed by atoms with E-state index in [2.05, 4.69) is 16.0 Å². The molecule has 0 fully saturated rings. The van der Waals surface area contributed by atoms with Gasteiger partial charge in [0.25, 0.3) is 0 Å². The first kappa shape index (κ1) is 18.7. The molecule has 0 bridgehead atoms. The van der Waals surface area contributed by atoms with Gasteiger partial charge in [-0.25, -0.2) is 4.79 Å². The van der Waals surface area contributed by atoms with Crippen molar-refractivity contribution in [1.82, 2.24) is 5.32 Å². The van der Waals surface area contributed by atoms with Crippen LogP contribution in [0.15, 0.2) is 30.3 Å². The van der Waals surface area contributed by atoms with Crippen LogP contribution in [0.5, 0.6) is 0 Å². The molecule has 3 N–H and O–H groups in total. The van der Waals surface area contributed by atoms with Gasteiger partial charge in [-0.1, -0.05) is 0 Å². The lowest BCUT2D eigenvalue weighted by Gasteiger charge is -2.07. The van der Waals surface area contributed by atoms with Crippen LogP contribution in [0.25, 0.3) is 0 Å². The Labute approximate surface area is 150 Å². The summed E-state index contributed by atoms with van der Waals surface area (Å²) in [6, 6.07) is 8.32. The van der Waals surface area contributed by atoms with E-state index in [9.17, 15) is 14.4 Å². The molecular weight excluding hydrogens is 338 g/mol. The number of rotatable bonds is 6. The minimum Gasteiger partial charge on any atom is -0.341 e. The van der Waals surface area contributed by atoms with Crippen LogP contribution in [0.4, 0.5) is 16.2 Å². The first-order valence-electron chi connectivity index (χ1n) is 7.88. The monoisotopic (exact) mass is 359 g/mol. The molecule has 0 aliphatic carbocycles. The summed E-state index contributed by atoms with van der Waals surface area (Å²) in [5, 5.41) is 7.83. The van der Waals surface area contributed by atoms with Gasteiger partial charge in [0.2, 0.25) is 5.91 Å². The van der Waals surface area contributed by atoms with Crippen LogP contribution in [0.3, 0.4) is 0 Å². The first-order chi connectivity index (χ1) is 11.9. The summed E-state index contributed by atoms with van der Waals surface area (Å²) >= 11 is 1.59. The molecule has 0 spiro atoms. The van der Waals surface area contributed by atoms with Crippen LogP contribution in [0.2, 0.25) is 0 Å². The molecule has 0 atom stereocenters. The van der Waals surface area contributed by atoms with Crippen LogP contribution in [-0.4, -0.2) is 24.8 Å². The number of anilines is 2. The van der Waals surface area contributed by atoms with Crippen LogP contribution in [-0.2, 0) is 4.79 Å². The highest BCUT2D eigenvalue weighted by Gasteiger charge is 2.14. The number of carbonyl (C=O) groups excluding carboxylic acids is 3. The number of carbonyl (C=O) groups is 3. The van der Waals surface area contributed by atoms with Gasteiger partial charge in [0.05, 0.1) is 0 Å². The van der Waals surface area contributed by atoms with Crippen molar-refractivity contribution in [1.29, 1.82) is 0 Å². The third-order valence-electron chi connectivity index (χ3n) is 3.57. The third-order valence-corrected chi connectivity index (χ3v) is 4.54. The number of aryl methyl sites for hydroxylation is 2. The Kier molecular flexibility index (Phi) is 6.30. The summed E-state index contributed by atoms with van der Waals surface area (Å²) in [4.78, 5) is 37.5. The van der Waals surface area contributed by atoms with Gasteiger partial charge in [-0.15, -0.1) is 11.3 Å². The summed E-state index contributed by atoms with van der Waals surface area (Å²) in [5.41, 5.74) is 1.94. The SMILES string of the molecule is CNC(=O)Nc1ccc(NC(=O)CCC(=O)c2cc(C)sc2C)cc1. The molecule has 0 aliphatic rings. The summed E-state index contributed by atoms with van der Waals surface area (Å²) in [6.45, 7) is 3.88. The van der Waals surface area contributed by atoms with Crippen LogP contribution < -0.4 is 16.0 Å². The second-order valence-electron chi connectivity index (χ2n) is 5.58. The predicted molar refractivity (Wildman–Crippen MR) is 101 cm³/mol. The Hall–Kier alpha value is -2.67. The van der Waals surface area contributed by atoms with Gasteiger partial charge in [0.1, 0.15) is 0 Å². The second-order valence-corrected chi connectivity index (χ2v) is 7.04. The summed E-state index contributed by atoms with van der Waals surface area (Å²) in [7, 11) is 1.53. The van der Waals surface area contributed by atoms with E-state index in [-0.39, 0.29) is 30.6 Å². The number of nitrogens with one attached hydrogen (secondary N) is 3. The van der Waals surface area contributed by atoms with E-state index in [1.165, 1.54) is 7.05 Å². The van der Waals surface area contributed by atoms with E-state index in [4.69, 9.17) is 0 Å². The lowest BCUT2D eigenvalue weighted by atomic mass is 10.1. The van der Waals surface area contributed by atoms with Crippen molar-refractivity contribution in [2.75, 3.05) is 17.7 Å². The fourth-order valence-corrected chi connectivity index (χ4v) is 3.27. The lowest BCUT2D eigenvalue weighted by Crippen LogP contribution is -2.24. The Morgan fingerprint density at radius 2 is 1.56 bits per heavy atom. The van der Waals surface area contributed by atoms with Crippen molar-refractivity contribution in [3.63, 3.8) is 0 Å². The summed E-state index contributed by atoms with van der Waals surface area (Å²) < 4.78 is 0. The van der Waals surface area contributed by atoms with Gasteiger partial charge in [-0.2, -0.15) is 0 Å². The maximum atomic E-state index is 12.2. The quantitative estimate of drug-likeness (QED) is 0.687. The molecule has 7 heteroatoms. The number of thiophene rings is 1. The summed E-state index contributed by atoms with van der Waals surface area (Å²) in [5.74, 6) is -0.230. The van der Waals surface area contributed by atoms with E-state index in [1.807, 2.05) is 19.9 Å². The molecule has 6 nitrogen and oxygen atoms in total. The minimum absolute atomic E-state index is 0.0119. The molecule has 0 unspecified atom stereocenters. The molecule has 1 aromatic heterocycles. The van der Waals surface area contributed by atoms with Crippen molar-refractivity contribution in [2.45, 2.75) is 26.7 Å². The summed E-state index contributed by atoms with van der Waals surface area (Å²) in [6.07, 6.45) is 0.310. The normalized spacial score (nSPS) is 10.2. The van der Waals surface area contributed by atoms with Gasteiger partial charge in [-0.05, 0) is 44.2 Å². The van der Waals surface area contributed by atoms with Crippen molar-refractivity contribution in [3.05, 3.63) is 45.6 Å². The zero-order valence-electron chi connectivity index (χ0n) is 14.4. The molecule has 25 heavy (non-hydrogen) atoms. The molecule has 1 heterocycles. The molecule has 0 aliphatic heterocycles. The maximum Gasteiger partial charge on any atom is 0.318 e. The fourth-order valence-electron chi connectivity index (χ4n) is 2.32. The molecule has 1 aromatic carbocycles. The minimum atomic E-state index is -0.311. The molecular formula is C18H21N3O3S. The predicted octanol–water partition coefficient (Wildman–Crippen LogP) is 3.72. The third kappa shape index (κ3) is 5.42. The average Bonchev–Trinajstić information content (AvgIpc) is 2.92. The van der Waals surface area contributed by atoms with Crippen LogP contribution in [0, 0.1) is 13.8 Å². The Morgan fingerprint density at radius 3 is 2.08 bits per heavy atom. The molecule has 0 radical (unpaired) electrons. The van der Waals surface area contributed by atoms with Crippen molar-refractivity contribution in [3.8, 4) is 0 Å². The van der Waals surface area contributed by atoms with Gasteiger partial charge in [0, 0.05) is 46.6 Å². The van der Waals surface area contributed by atoms with Gasteiger partial charge in [0.15, 0.2) is 5.78 Å². The molecule has 132 valence electrons. The Morgan fingerprint density at radius 1 is 0.960 bits per heavy atom. The number of hydrogen-bond donors (Lipinski definition) is 3. The fraction of sp³-hybridized carbons (Fsp3) is 0.278. The maximum absolute atomic E-state index is 12.2. The van der Waals surface area contributed by atoms with Crippen molar-refractivity contribution in [2.24, 2.45) is 0 Å². The molecule has 3 amide bonds. The zero-order valence-corrected chi connectivity index (χ0v) is 15.3. The lowest BCUT2D eigenvalue weighted by molar-refractivity contribution is -0.116. The van der Waals surface area contributed by atoms with Gasteiger partial charge >= 0.3 is 6.03 Å². The topological polar surface area (TPSA) is 87.3 Å². The number of amides is 3. The van der Waals surface area contributed by atoms with E-state index in [0.29, 0.717) is 16.9 Å². The van der Waals surface area contributed by atoms with Crippen LogP contribution >= 0.6 is 11.3 Å². The van der Waals surface area contributed by atoms with E-state index in [0.717, 1.165) is 9.75 Å². The molecule has 2 aromatic rings. The van der Waals surface area contributed by atoms with Crippen molar-refractivity contribution < 1.29 is 14.4 Å². The highest BCUT2D eigenvalue weighted by Crippen LogP contribution is 2.22. The number of Topliss-reactive ketones (excluding diaryl/α,β-unsaturated/α-hetero) is 1. The average molecular weight is 359 g/mol. The Balaban J connectivity index is 1.84.